The van der Waals surface area contributed by atoms with Crippen LogP contribution in [0.1, 0.15) is 47.7 Å². The van der Waals surface area contributed by atoms with Crippen molar-refractivity contribution in [3.05, 3.63) is 108 Å². The average Bonchev–Trinajstić information content (AvgIpc) is 3.20. The van der Waals surface area contributed by atoms with Gasteiger partial charge in [0.25, 0.3) is 5.91 Å². The third-order valence-electron chi connectivity index (χ3n) is 7.53. The van der Waals surface area contributed by atoms with Crippen molar-refractivity contribution in [1.82, 2.24) is 9.80 Å². The van der Waals surface area contributed by atoms with Crippen LogP contribution >= 0.6 is 0 Å². The molecule has 0 N–H and O–H groups in total. The number of amides is 1. The highest BCUT2D eigenvalue weighted by molar-refractivity contribution is 6.09. The molecule has 0 radical (unpaired) electrons. The molecule has 1 amide bonds. The molecule has 1 saturated heterocycles. The Morgan fingerprint density at radius 3 is 1.92 bits per heavy atom. The van der Waals surface area contributed by atoms with Gasteiger partial charge in [0.2, 0.25) is 0 Å². The summed E-state index contributed by atoms with van der Waals surface area (Å²) in [6.07, 6.45) is 2.65. The molecule has 2 aliphatic heterocycles. The second-order valence-electron chi connectivity index (χ2n) is 9.76. The monoisotopic (exact) mass is 479 g/mol. The van der Waals surface area contributed by atoms with Gasteiger partial charge in [0.15, 0.2) is 11.3 Å². The van der Waals surface area contributed by atoms with E-state index in [2.05, 4.69) is 4.90 Å². The van der Waals surface area contributed by atoms with E-state index < -0.39 is 5.54 Å². The standard InChI is InChI=1S/C31H33N3O2/c1-24-32-31(27-14-7-3-8-15-27,28-16-9-4-10-17-28)30(36)34(24)21-11-20-33-22-18-26(19-23-33)29(35)25-12-5-2-6-13-25/h2-10,12-17,26H,11,18-23H2,1H3. The summed E-state index contributed by atoms with van der Waals surface area (Å²) in [7, 11) is 0. The van der Waals surface area contributed by atoms with Crippen LogP contribution in [0.25, 0.3) is 0 Å². The van der Waals surface area contributed by atoms with E-state index in [1.165, 1.54) is 0 Å². The largest absolute Gasteiger partial charge is 0.303 e. The van der Waals surface area contributed by atoms with Crippen LogP contribution in [0.15, 0.2) is 96.0 Å². The molecule has 2 heterocycles. The molecular formula is C31H33N3O2. The molecule has 0 atom stereocenters. The van der Waals surface area contributed by atoms with Crippen LogP contribution in [0.4, 0.5) is 0 Å². The predicted octanol–water partition coefficient (Wildman–Crippen LogP) is 5.18. The van der Waals surface area contributed by atoms with E-state index in [1.54, 1.807) is 0 Å². The van der Waals surface area contributed by atoms with E-state index >= 15 is 0 Å². The first kappa shape index (κ1) is 24.1. The number of hydrogen-bond donors (Lipinski definition) is 0. The van der Waals surface area contributed by atoms with Crippen LogP contribution in [-0.4, -0.2) is 53.5 Å². The number of nitrogens with zero attached hydrogens (tertiary/aromatic N) is 3. The number of likely N-dealkylation sites (tertiary alicyclic amines) is 1. The summed E-state index contributed by atoms with van der Waals surface area (Å²) in [5.74, 6) is 1.16. The molecule has 5 nitrogen and oxygen atoms in total. The maximum absolute atomic E-state index is 13.9. The number of amidine groups is 1. The number of rotatable bonds is 8. The van der Waals surface area contributed by atoms with Crippen molar-refractivity contribution >= 4 is 17.5 Å². The number of piperidine rings is 1. The summed E-state index contributed by atoms with van der Waals surface area (Å²) in [5, 5.41) is 0. The van der Waals surface area contributed by atoms with Gasteiger partial charge in [0.05, 0.1) is 0 Å². The molecular weight excluding hydrogens is 446 g/mol. The molecule has 5 heteroatoms. The van der Waals surface area contributed by atoms with Crippen LogP contribution < -0.4 is 0 Å². The Kier molecular flexibility index (Phi) is 7.10. The molecule has 184 valence electrons. The minimum Gasteiger partial charge on any atom is -0.303 e. The van der Waals surface area contributed by atoms with Crippen LogP contribution in [0, 0.1) is 5.92 Å². The number of ketones is 1. The SMILES string of the molecule is CC1=NC(c2ccccc2)(c2ccccc2)C(=O)N1CCCN1CCC(C(=O)c2ccccc2)CC1. The maximum Gasteiger partial charge on any atom is 0.265 e. The summed E-state index contributed by atoms with van der Waals surface area (Å²) in [4.78, 5) is 36.0. The number of carbonyl (C=O) groups is 2. The fourth-order valence-corrected chi connectivity index (χ4v) is 5.57. The number of benzene rings is 3. The molecule has 0 bridgehead atoms. The second kappa shape index (κ2) is 10.6. The first-order valence-electron chi connectivity index (χ1n) is 12.9. The fourth-order valence-electron chi connectivity index (χ4n) is 5.57. The molecule has 3 aromatic rings. The molecule has 36 heavy (non-hydrogen) atoms. The van der Waals surface area contributed by atoms with Gasteiger partial charge in [-0.1, -0.05) is 91.0 Å². The van der Waals surface area contributed by atoms with E-state index in [0.717, 1.165) is 61.4 Å². The molecule has 1 fully saturated rings. The fraction of sp³-hybridized carbons (Fsp3) is 0.323. The lowest BCUT2D eigenvalue weighted by Crippen LogP contribution is -2.43. The minimum absolute atomic E-state index is 0.0181. The normalized spacial score (nSPS) is 18.3. The lowest BCUT2D eigenvalue weighted by Gasteiger charge is -2.32. The Balaban J connectivity index is 1.21. The number of Topliss-reactive ketones (excluding diaryl/α,β-unsaturated/α-hetero) is 1. The van der Waals surface area contributed by atoms with Crippen molar-refractivity contribution in [2.24, 2.45) is 10.9 Å². The highest BCUT2D eigenvalue weighted by Crippen LogP contribution is 2.40. The molecule has 0 aliphatic carbocycles. The number of hydrogen-bond acceptors (Lipinski definition) is 4. The summed E-state index contributed by atoms with van der Waals surface area (Å²) in [6, 6.07) is 29.4. The van der Waals surface area contributed by atoms with Gasteiger partial charge in [0, 0.05) is 18.0 Å². The lowest BCUT2D eigenvalue weighted by molar-refractivity contribution is -0.130. The van der Waals surface area contributed by atoms with E-state index in [1.807, 2.05) is 103 Å². The average molecular weight is 480 g/mol. The van der Waals surface area contributed by atoms with Crippen molar-refractivity contribution < 1.29 is 9.59 Å². The van der Waals surface area contributed by atoms with Gasteiger partial charge in [-0.05, 0) is 56.9 Å². The molecule has 0 aromatic heterocycles. The Morgan fingerprint density at radius 1 is 0.833 bits per heavy atom. The Hall–Kier alpha value is -3.57. The molecule has 3 aromatic carbocycles. The molecule has 0 spiro atoms. The Bertz CT molecular complexity index is 1180. The lowest BCUT2D eigenvalue weighted by atomic mass is 9.83. The second-order valence-corrected chi connectivity index (χ2v) is 9.76. The zero-order valence-corrected chi connectivity index (χ0v) is 20.8. The predicted molar refractivity (Wildman–Crippen MR) is 143 cm³/mol. The molecule has 2 aliphatic rings. The Morgan fingerprint density at radius 2 is 1.36 bits per heavy atom. The van der Waals surface area contributed by atoms with E-state index in [-0.39, 0.29) is 17.6 Å². The van der Waals surface area contributed by atoms with Gasteiger partial charge in [-0.25, -0.2) is 4.99 Å². The van der Waals surface area contributed by atoms with Crippen molar-refractivity contribution in [1.29, 1.82) is 0 Å². The maximum atomic E-state index is 13.9. The summed E-state index contributed by atoms with van der Waals surface area (Å²) < 4.78 is 0. The van der Waals surface area contributed by atoms with Crippen LogP contribution in [0.3, 0.4) is 0 Å². The van der Waals surface area contributed by atoms with Gasteiger partial charge in [0.1, 0.15) is 5.84 Å². The van der Waals surface area contributed by atoms with Crippen LogP contribution in [0.2, 0.25) is 0 Å². The van der Waals surface area contributed by atoms with Gasteiger partial charge < -0.3 is 4.90 Å². The zero-order chi connectivity index (χ0) is 25.0. The van der Waals surface area contributed by atoms with E-state index in [9.17, 15) is 9.59 Å². The highest BCUT2D eigenvalue weighted by atomic mass is 16.2. The third-order valence-corrected chi connectivity index (χ3v) is 7.53. The molecule has 0 unspecified atom stereocenters. The molecule has 5 rings (SSSR count). The number of aliphatic imine (C=N–C) groups is 1. The van der Waals surface area contributed by atoms with Crippen molar-refractivity contribution in [2.45, 2.75) is 31.7 Å². The summed E-state index contributed by atoms with van der Waals surface area (Å²) in [6.45, 7) is 5.32. The first-order valence-corrected chi connectivity index (χ1v) is 12.9. The van der Waals surface area contributed by atoms with Gasteiger partial charge in [-0.2, -0.15) is 0 Å². The summed E-state index contributed by atoms with van der Waals surface area (Å²) >= 11 is 0. The topological polar surface area (TPSA) is 53.0 Å². The van der Waals surface area contributed by atoms with Gasteiger partial charge >= 0.3 is 0 Å². The van der Waals surface area contributed by atoms with Crippen molar-refractivity contribution in [3.8, 4) is 0 Å². The smallest absolute Gasteiger partial charge is 0.265 e. The quantitative estimate of drug-likeness (QED) is 0.419. The summed E-state index contributed by atoms with van der Waals surface area (Å²) in [5.41, 5.74) is 1.59. The van der Waals surface area contributed by atoms with Gasteiger partial charge in [-0.3, -0.25) is 14.5 Å². The molecule has 0 saturated carbocycles. The van der Waals surface area contributed by atoms with E-state index in [0.29, 0.717) is 6.54 Å². The van der Waals surface area contributed by atoms with Crippen molar-refractivity contribution in [2.75, 3.05) is 26.2 Å². The highest BCUT2D eigenvalue weighted by Gasteiger charge is 2.49. The minimum atomic E-state index is -1.03. The zero-order valence-electron chi connectivity index (χ0n) is 20.8. The van der Waals surface area contributed by atoms with Crippen LogP contribution in [-0.2, 0) is 10.3 Å². The first-order chi connectivity index (χ1) is 17.6. The van der Waals surface area contributed by atoms with Gasteiger partial charge in [-0.15, -0.1) is 0 Å². The Labute approximate surface area is 213 Å². The third kappa shape index (κ3) is 4.63. The van der Waals surface area contributed by atoms with E-state index in [4.69, 9.17) is 4.99 Å². The number of carbonyl (C=O) groups excluding carboxylic acids is 2. The van der Waals surface area contributed by atoms with Crippen molar-refractivity contribution in [3.63, 3.8) is 0 Å². The van der Waals surface area contributed by atoms with Crippen LogP contribution in [0.5, 0.6) is 0 Å².